The van der Waals surface area contributed by atoms with E-state index in [0.717, 1.165) is 29.7 Å². The molecule has 0 spiro atoms. The number of aliphatic hydroxyl groups is 1. The molecule has 9 nitrogen and oxygen atoms in total. The molecule has 2 N–H and O–H groups in total. The highest BCUT2D eigenvalue weighted by Crippen LogP contribution is 2.36. The maximum Gasteiger partial charge on any atom is 0.251 e. The molecule has 0 aliphatic heterocycles. The molecule has 1 fully saturated rings. The second kappa shape index (κ2) is 7.69. The number of carbonyl (C=O) groups is 1. The van der Waals surface area contributed by atoms with Gasteiger partial charge >= 0.3 is 0 Å². The molecule has 1 aromatic carbocycles. The standard InChI is InChI=1S/C19H24N6O3/c1-24-11-20-15-9-12(3-4-16(15)24)19(27)21-14-7-13(8-14)18-23-22-17(10-26)25(18)5-6-28-2/h3-4,9,11,13-14,26H,5-8,10H2,1-2H3,(H,21,27). The average molecular weight is 384 g/mol. The molecule has 1 aliphatic rings. The third-order valence-corrected chi connectivity index (χ3v) is 5.34. The Morgan fingerprint density at radius 3 is 2.93 bits per heavy atom. The van der Waals surface area contributed by atoms with Crippen molar-refractivity contribution in [1.82, 2.24) is 29.6 Å². The van der Waals surface area contributed by atoms with Crippen LogP contribution in [0.5, 0.6) is 0 Å². The summed E-state index contributed by atoms with van der Waals surface area (Å²) in [7, 11) is 3.57. The molecule has 4 rings (SSSR count). The molecule has 0 atom stereocenters. The number of methoxy groups -OCH3 is 1. The van der Waals surface area contributed by atoms with Crippen LogP contribution in [0, 0.1) is 0 Å². The number of benzene rings is 1. The van der Waals surface area contributed by atoms with Gasteiger partial charge in [-0.15, -0.1) is 10.2 Å². The van der Waals surface area contributed by atoms with Gasteiger partial charge in [0, 0.05) is 38.2 Å². The topological polar surface area (TPSA) is 107 Å². The Morgan fingerprint density at radius 1 is 1.36 bits per heavy atom. The van der Waals surface area contributed by atoms with Crippen LogP contribution in [0.1, 0.15) is 40.8 Å². The smallest absolute Gasteiger partial charge is 0.251 e. The maximum atomic E-state index is 12.6. The number of hydrogen-bond acceptors (Lipinski definition) is 6. The third-order valence-electron chi connectivity index (χ3n) is 5.34. The van der Waals surface area contributed by atoms with Crippen LogP contribution < -0.4 is 5.32 Å². The van der Waals surface area contributed by atoms with Crippen molar-refractivity contribution in [3.8, 4) is 0 Å². The van der Waals surface area contributed by atoms with Crippen LogP contribution in [-0.4, -0.2) is 55.1 Å². The first-order valence-electron chi connectivity index (χ1n) is 9.34. The van der Waals surface area contributed by atoms with Crippen LogP contribution in [-0.2, 0) is 24.9 Å². The van der Waals surface area contributed by atoms with Gasteiger partial charge in [0.1, 0.15) is 12.4 Å². The molecule has 1 amide bonds. The van der Waals surface area contributed by atoms with Crippen LogP contribution in [0.2, 0.25) is 0 Å². The van der Waals surface area contributed by atoms with Gasteiger partial charge in [-0.3, -0.25) is 4.79 Å². The Morgan fingerprint density at radius 2 is 2.18 bits per heavy atom. The summed E-state index contributed by atoms with van der Waals surface area (Å²) in [6.45, 7) is 0.979. The lowest BCUT2D eigenvalue weighted by molar-refractivity contribution is 0.0906. The molecular weight excluding hydrogens is 360 g/mol. The fourth-order valence-corrected chi connectivity index (χ4v) is 3.69. The van der Waals surface area contributed by atoms with Gasteiger partial charge in [0.2, 0.25) is 0 Å². The molecule has 0 unspecified atom stereocenters. The van der Waals surface area contributed by atoms with E-state index in [9.17, 15) is 9.90 Å². The molecule has 2 heterocycles. The lowest BCUT2D eigenvalue weighted by Crippen LogP contribution is -2.44. The van der Waals surface area contributed by atoms with E-state index in [1.807, 2.05) is 34.4 Å². The first-order valence-corrected chi connectivity index (χ1v) is 9.34. The zero-order valence-electron chi connectivity index (χ0n) is 16.0. The number of aromatic nitrogens is 5. The van der Waals surface area contributed by atoms with Crippen LogP contribution in [0.25, 0.3) is 11.0 Å². The average Bonchev–Trinajstić information content (AvgIpc) is 3.25. The number of rotatable bonds is 7. The molecule has 0 radical (unpaired) electrons. The number of amides is 1. The monoisotopic (exact) mass is 384 g/mol. The van der Waals surface area contributed by atoms with E-state index >= 15 is 0 Å². The largest absolute Gasteiger partial charge is 0.388 e. The molecule has 0 saturated heterocycles. The van der Waals surface area contributed by atoms with Crippen LogP contribution >= 0.6 is 0 Å². The zero-order chi connectivity index (χ0) is 19.7. The first-order chi connectivity index (χ1) is 13.6. The highest BCUT2D eigenvalue weighted by molar-refractivity contribution is 5.97. The highest BCUT2D eigenvalue weighted by atomic mass is 16.5. The second-order valence-corrected chi connectivity index (χ2v) is 7.17. The summed E-state index contributed by atoms with van der Waals surface area (Å²) >= 11 is 0. The summed E-state index contributed by atoms with van der Waals surface area (Å²) in [6.07, 6.45) is 3.34. The number of hydrogen-bond donors (Lipinski definition) is 2. The molecule has 148 valence electrons. The van der Waals surface area contributed by atoms with E-state index in [2.05, 4.69) is 20.5 Å². The number of nitrogens with one attached hydrogen (secondary N) is 1. The predicted octanol–water partition coefficient (Wildman–Crippen LogP) is 0.979. The Bertz CT molecular complexity index is 989. The third kappa shape index (κ3) is 3.38. The SMILES string of the molecule is COCCn1c(CO)nnc1C1CC(NC(=O)c2ccc3c(c2)ncn3C)C1. The summed E-state index contributed by atoms with van der Waals surface area (Å²) in [4.78, 5) is 16.9. The Balaban J connectivity index is 1.38. The lowest BCUT2D eigenvalue weighted by atomic mass is 9.79. The second-order valence-electron chi connectivity index (χ2n) is 7.17. The number of aliphatic hydroxyl groups excluding tert-OH is 1. The lowest BCUT2D eigenvalue weighted by Gasteiger charge is -2.35. The van der Waals surface area contributed by atoms with E-state index in [1.165, 1.54) is 0 Å². The van der Waals surface area contributed by atoms with Crippen molar-refractivity contribution >= 4 is 16.9 Å². The maximum absolute atomic E-state index is 12.6. The van der Waals surface area contributed by atoms with Gasteiger partial charge in [0.25, 0.3) is 5.91 Å². The number of nitrogens with zero attached hydrogens (tertiary/aromatic N) is 5. The minimum atomic E-state index is -0.153. The van der Waals surface area contributed by atoms with Crippen molar-refractivity contribution in [2.24, 2.45) is 7.05 Å². The van der Waals surface area contributed by atoms with Gasteiger partial charge in [-0.25, -0.2) is 4.98 Å². The molecule has 1 saturated carbocycles. The van der Waals surface area contributed by atoms with Crippen molar-refractivity contribution < 1.29 is 14.6 Å². The fourth-order valence-electron chi connectivity index (χ4n) is 3.69. The van der Waals surface area contributed by atoms with Gasteiger partial charge in [-0.2, -0.15) is 0 Å². The zero-order valence-corrected chi connectivity index (χ0v) is 16.0. The van der Waals surface area contributed by atoms with Crippen LogP contribution in [0.4, 0.5) is 0 Å². The number of carbonyl (C=O) groups excluding carboxylic acids is 1. The number of imidazole rings is 1. The minimum absolute atomic E-state index is 0.0899. The van der Waals surface area contributed by atoms with Crippen LogP contribution in [0.15, 0.2) is 24.5 Å². The normalized spacial score (nSPS) is 19.0. The minimum Gasteiger partial charge on any atom is -0.388 e. The van der Waals surface area contributed by atoms with Gasteiger partial charge in [-0.05, 0) is 31.0 Å². The summed E-state index contributed by atoms with van der Waals surface area (Å²) < 4.78 is 8.98. The molecule has 1 aliphatic carbocycles. The van der Waals surface area contributed by atoms with E-state index in [1.54, 1.807) is 13.4 Å². The van der Waals surface area contributed by atoms with Gasteiger partial charge < -0.3 is 24.3 Å². The van der Waals surface area contributed by atoms with Gasteiger partial charge in [-0.1, -0.05) is 0 Å². The van der Waals surface area contributed by atoms with E-state index in [-0.39, 0.29) is 24.5 Å². The molecule has 0 bridgehead atoms. The van der Waals surface area contributed by atoms with E-state index in [0.29, 0.717) is 24.5 Å². The Labute approximate surface area is 162 Å². The summed E-state index contributed by atoms with van der Waals surface area (Å²) in [5.74, 6) is 1.52. The summed E-state index contributed by atoms with van der Waals surface area (Å²) in [5, 5.41) is 20.8. The number of fused-ring (bicyclic) bond motifs is 1. The highest BCUT2D eigenvalue weighted by Gasteiger charge is 2.35. The van der Waals surface area contributed by atoms with Crippen LogP contribution in [0.3, 0.4) is 0 Å². The summed E-state index contributed by atoms with van der Waals surface area (Å²) in [5.41, 5.74) is 2.42. The van der Waals surface area contributed by atoms with Gasteiger partial charge in [0.15, 0.2) is 5.82 Å². The summed E-state index contributed by atoms with van der Waals surface area (Å²) in [6, 6.07) is 5.65. The van der Waals surface area contributed by atoms with Crippen molar-refractivity contribution in [3.63, 3.8) is 0 Å². The number of aryl methyl sites for hydroxylation is 1. The number of ether oxygens (including phenoxy) is 1. The van der Waals surface area contributed by atoms with E-state index < -0.39 is 0 Å². The molecule has 9 heteroatoms. The molecule has 3 aromatic rings. The first kappa shape index (κ1) is 18.6. The molecule has 2 aromatic heterocycles. The Hall–Kier alpha value is -2.78. The van der Waals surface area contributed by atoms with Crippen molar-refractivity contribution in [1.29, 1.82) is 0 Å². The van der Waals surface area contributed by atoms with Gasteiger partial charge in [0.05, 0.1) is 24.0 Å². The molecular formula is C19H24N6O3. The van der Waals surface area contributed by atoms with Crippen molar-refractivity contribution in [2.75, 3.05) is 13.7 Å². The quantitative estimate of drug-likeness (QED) is 0.629. The fraction of sp³-hybridized carbons (Fsp3) is 0.474. The van der Waals surface area contributed by atoms with Crippen molar-refractivity contribution in [2.45, 2.75) is 38.0 Å². The Kier molecular flexibility index (Phi) is 5.10. The predicted molar refractivity (Wildman–Crippen MR) is 102 cm³/mol. The van der Waals surface area contributed by atoms with Crippen molar-refractivity contribution in [3.05, 3.63) is 41.7 Å². The molecule has 28 heavy (non-hydrogen) atoms. The van der Waals surface area contributed by atoms with E-state index in [4.69, 9.17) is 4.74 Å².